The van der Waals surface area contributed by atoms with Crippen LogP contribution in [0.4, 0.5) is 0 Å². The topological polar surface area (TPSA) is 85.1 Å². The van der Waals surface area contributed by atoms with E-state index in [0.717, 1.165) is 0 Å². The highest BCUT2D eigenvalue weighted by Gasteiger charge is 2.27. The van der Waals surface area contributed by atoms with Crippen molar-refractivity contribution in [3.05, 3.63) is 12.2 Å². The molecular weight excluding hydrogens is 194 g/mol. The van der Waals surface area contributed by atoms with Crippen molar-refractivity contribution in [2.45, 2.75) is 6.04 Å². The summed E-state index contributed by atoms with van der Waals surface area (Å²) in [6.07, 6.45) is 1.19. The number of nitrogens with zero attached hydrogens (tertiary/aromatic N) is 2. The van der Waals surface area contributed by atoms with Gasteiger partial charge in [0.05, 0.1) is 17.5 Å². The molecule has 0 saturated carbocycles. The Morgan fingerprint density at radius 1 is 1.62 bits per heavy atom. The first-order chi connectivity index (χ1) is 6.17. The lowest BCUT2D eigenvalue weighted by molar-refractivity contribution is 0.398. The molecule has 13 heavy (non-hydrogen) atoms. The van der Waals surface area contributed by atoms with E-state index in [-0.39, 0.29) is 17.5 Å². The molecule has 0 aliphatic carbocycles. The number of hydrogen-bond donors (Lipinski definition) is 1. The van der Waals surface area contributed by atoms with Crippen LogP contribution < -0.4 is 5.32 Å². The van der Waals surface area contributed by atoms with Crippen LogP contribution in [0.5, 0.6) is 0 Å². The van der Waals surface area contributed by atoms with Crippen molar-refractivity contribution >= 4 is 9.84 Å². The summed E-state index contributed by atoms with van der Waals surface area (Å²) >= 11 is 0. The third-order valence-corrected chi connectivity index (χ3v) is 3.58. The van der Waals surface area contributed by atoms with Crippen molar-refractivity contribution in [2.24, 2.45) is 0 Å². The Kier molecular flexibility index (Phi) is 2.04. The lowest BCUT2D eigenvalue weighted by Gasteiger charge is -2.20. The van der Waals surface area contributed by atoms with Crippen molar-refractivity contribution in [1.29, 1.82) is 0 Å². The molecule has 0 radical (unpaired) electrons. The van der Waals surface area contributed by atoms with Gasteiger partial charge < -0.3 is 9.84 Å². The zero-order chi connectivity index (χ0) is 9.31. The van der Waals surface area contributed by atoms with Crippen LogP contribution in [-0.4, -0.2) is 36.6 Å². The molecule has 1 aromatic rings. The summed E-state index contributed by atoms with van der Waals surface area (Å²) in [6, 6.07) is -0.322. The Hall–Kier alpha value is -0.950. The maximum absolute atomic E-state index is 11.2. The molecule has 1 N–H and O–H groups in total. The predicted molar refractivity (Wildman–Crippen MR) is 43.7 cm³/mol. The van der Waals surface area contributed by atoms with Crippen molar-refractivity contribution in [3.63, 3.8) is 0 Å². The van der Waals surface area contributed by atoms with Gasteiger partial charge in [-0.25, -0.2) is 8.42 Å². The molecule has 2 rings (SSSR count). The molecular formula is C6H9N3O3S. The van der Waals surface area contributed by atoms with E-state index in [1.165, 1.54) is 6.39 Å². The van der Waals surface area contributed by atoms with Gasteiger partial charge in [-0.05, 0) is 0 Å². The minimum Gasteiger partial charge on any atom is -0.343 e. The molecule has 7 heteroatoms. The zero-order valence-corrected chi connectivity index (χ0v) is 7.62. The minimum absolute atomic E-state index is 0.0481. The number of hydrogen-bond acceptors (Lipinski definition) is 6. The van der Waals surface area contributed by atoms with Crippen molar-refractivity contribution in [1.82, 2.24) is 15.5 Å². The molecule has 1 saturated heterocycles. The van der Waals surface area contributed by atoms with Gasteiger partial charge in [-0.15, -0.1) is 0 Å². The van der Waals surface area contributed by atoms with Gasteiger partial charge in [0.2, 0.25) is 6.39 Å². The van der Waals surface area contributed by atoms with Crippen LogP contribution in [-0.2, 0) is 9.84 Å². The van der Waals surface area contributed by atoms with Gasteiger partial charge in [0.25, 0.3) is 0 Å². The van der Waals surface area contributed by atoms with Crippen molar-refractivity contribution < 1.29 is 12.9 Å². The summed E-state index contributed by atoms with van der Waals surface area (Å²) in [5.74, 6) is 0.636. The van der Waals surface area contributed by atoms with Crippen molar-refractivity contribution in [3.8, 4) is 0 Å². The van der Waals surface area contributed by atoms with Crippen LogP contribution in [0.2, 0.25) is 0 Å². The lowest BCUT2D eigenvalue weighted by atomic mass is 10.3. The molecule has 0 spiro atoms. The van der Waals surface area contributed by atoms with E-state index in [1.54, 1.807) is 0 Å². The maximum atomic E-state index is 11.2. The first kappa shape index (κ1) is 8.64. The Labute approximate surface area is 75.2 Å². The second-order valence-electron chi connectivity index (χ2n) is 2.91. The summed E-state index contributed by atoms with van der Waals surface area (Å²) in [7, 11) is -2.94. The Morgan fingerprint density at radius 3 is 3.08 bits per heavy atom. The predicted octanol–water partition coefficient (Wildman–Crippen LogP) is -0.871. The summed E-state index contributed by atoms with van der Waals surface area (Å²) in [5.41, 5.74) is 0. The number of rotatable bonds is 1. The first-order valence-corrected chi connectivity index (χ1v) is 5.69. The molecule has 1 aromatic heterocycles. The summed E-state index contributed by atoms with van der Waals surface area (Å²) in [4.78, 5) is 3.80. The zero-order valence-electron chi connectivity index (χ0n) is 6.80. The highest BCUT2D eigenvalue weighted by molar-refractivity contribution is 7.91. The molecule has 1 aliphatic rings. The molecule has 1 aliphatic heterocycles. The first-order valence-electron chi connectivity index (χ1n) is 3.87. The van der Waals surface area contributed by atoms with Gasteiger partial charge in [-0.3, -0.25) is 0 Å². The summed E-state index contributed by atoms with van der Waals surface area (Å²) in [5, 5.41) is 6.61. The molecule has 2 heterocycles. The van der Waals surface area contributed by atoms with E-state index in [1.807, 2.05) is 0 Å². The molecule has 1 atom stereocenters. The van der Waals surface area contributed by atoms with E-state index in [4.69, 9.17) is 0 Å². The molecule has 6 nitrogen and oxygen atoms in total. The summed E-state index contributed by atoms with van der Waals surface area (Å²) < 4.78 is 27.0. The van der Waals surface area contributed by atoms with Crippen molar-refractivity contribution in [2.75, 3.05) is 18.1 Å². The standard InChI is InChI=1S/C6H9N3O3S/c10-13(11)2-1-7-5(3-13)6-8-4-12-9-6/h4-5,7H,1-3H2. The lowest BCUT2D eigenvalue weighted by Crippen LogP contribution is -2.39. The van der Waals surface area contributed by atoms with Gasteiger partial charge >= 0.3 is 0 Å². The minimum atomic E-state index is -2.94. The van der Waals surface area contributed by atoms with Gasteiger partial charge in [-0.1, -0.05) is 5.16 Å². The second kappa shape index (κ2) is 3.08. The fourth-order valence-electron chi connectivity index (χ4n) is 1.28. The van der Waals surface area contributed by atoms with Crippen LogP contribution in [0.3, 0.4) is 0 Å². The van der Waals surface area contributed by atoms with Crippen LogP contribution in [0.25, 0.3) is 0 Å². The van der Waals surface area contributed by atoms with Gasteiger partial charge in [0.1, 0.15) is 0 Å². The Bertz CT molecular complexity index is 372. The molecule has 0 bridgehead atoms. The third kappa shape index (κ3) is 1.86. The van der Waals surface area contributed by atoms with Crippen LogP contribution >= 0.6 is 0 Å². The maximum Gasteiger partial charge on any atom is 0.213 e. The van der Waals surface area contributed by atoms with E-state index in [9.17, 15) is 8.42 Å². The Morgan fingerprint density at radius 2 is 2.46 bits per heavy atom. The van der Waals surface area contributed by atoms with Gasteiger partial charge in [0.15, 0.2) is 15.7 Å². The van der Waals surface area contributed by atoms with Crippen LogP contribution in [0.15, 0.2) is 10.9 Å². The van der Waals surface area contributed by atoms with Crippen LogP contribution in [0.1, 0.15) is 11.9 Å². The number of aromatic nitrogens is 2. The number of sulfone groups is 1. The van der Waals surface area contributed by atoms with E-state index < -0.39 is 9.84 Å². The third-order valence-electron chi connectivity index (χ3n) is 1.91. The molecule has 72 valence electrons. The highest BCUT2D eigenvalue weighted by atomic mass is 32.2. The fourth-order valence-corrected chi connectivity index (χ4v) is 2.65. The SMILES string of the molecule is O=S1(=O)CCNC(c2ncon2)C1. The normalized spacial score (nSPS) is 27.2. The smallest absolute Gasteiger partial charge is 0.213 e. The van der Waals surface area contributed by atoms with Gasteiger partial charge in [-0.2, -0.15) is 4.98 Å². The van der Waals surface area contributed by atoms with E-state index in [2.05, 4.69) is 20.0 Å². The van der Waals surface area contributed by atoms with Crippen LogP contribution in [0, 0.1) is 0 Å². The average molecular weight is 203 g/mol. The highest BCUT2D eigenvalue weighted by Crippen LogP contribution is 2.14. The summed E-state index contributed by atoms with van der Waals surface area (Å²) in [6.45, 7) is 0.446. The average Bonchev–Trinajstić information content (AvgIpc) is 2.53. The van der Waals surface area contributed by atoms with E-state index in [0.29, 0.717) is 12.4 Å². The monoisotopic (exact) mass is 203 g/mol. The second-order valence-corrected chi connectivity index (χ2v) is 5.14. The molecule has 0 amide bonds. The fraction of sp³-hybridized carbons (Fsp3) is 0.667. The molecule has 0 aromatic carbocycles. The van der Waals surface area contributed by atoms with E-state index >= 15 is 0 Å². The molecule has 1 unspecified atom stereocenters. The largest absolute Gasteiger partial charge is 0.343 e. The van der Waals surface area contributed by atoms with Gasteiger partial charge in [0, 0.05) is 6.54 Å². The molecule has 1 fully saturated rings. The Balaban J connectivity index is 2.18. The quantitative estimate of drug-likeness (QED) is 0.638. The number of nitrogens with one attached hydrogen (secondary N) is 1.